The zero-order chi connectivity index (χ0) is 13.7. The van der Waals surface area contributed by atoms with Crippen LogP contribution in [-0.2, 0) is 11.2 Å². The van der Waals surface area contributed by atoms with Crippen molar-refractivity contribution in [3.8, 4) is 10.7 Å². The fourth-order valence-electron chi connectivity index (χ4n) is 1.49. The average molecular weight is 279 g/mol. The van der Waals surface area contributed by atoms with E-state index in [1.807, 2.05) is 17.5 Å². The van der Waals surface area contributed by atoms with Crippen LogP contribution in [0.15, 0.2) is 22.0 Å². The number of amides is 1. The number of nitrogens with zero attached hydrogens (tertiary/aromatic N) is 2. The first kappa shape index (κ1) is 13.7. The highest BCUT2D eigenvalue weighted by atomic mass is 32.1. The largest absolute Gasteiger partial charge is 0.356 e. The summed E-state index contributed by atoms with van der Waals surface area (Å²) in [6.07, 6.45) is 0.848. The molecule has 0 atom stereocenters. The number of aromatic nitrogens is 2. The van der Waals surface area contributed by atoms with Gasteiger partial charge in [-0.2, -0.15) is 4.98 Å². The lowest BCUT2D eigenvalue weighted by Gasteiger charge is -2.06. The Labute approximate surface area is 116 Å². The summed E-state index contributed by atoms with van der Waals surface area (Å²) in [5.74, 6) is 1.57. The summed E-state index contributed by atoms with van der Waals surface area (Å²) >= 11 is 1.56. The second kappa shape index (κ2) is 6.47. The molecule has 2 heterocycles. The van der Waals surface area contributed by atoms with Gasteiger partial charge in [0.2, 0.25) is 17.6 Å². The molecular formula is C13H17N3O2S. The smallest absolute Gasteiger partial charge is 0.227 e. The first-order valence-electron chi connectivity index (χ1n) is 6.28. The number of hydrogen-bond donors (Lipinski definition) is 1. The molecule has 0 fully saturated rings. The molecule has 0 saturated carbocycles. The topological polar surface area (TPSA) is 68.0 Å². The predicted octanol–water partition coefficient (Wildman–Crippen LogP) is 2.50. The fourth-order valence-corrected chi connectivity index (χ4v) is 2.14. The van der Waals surface area contributed by atoms with E-state index in [1.54, 1.807) is 11.3 Å². The first-order chi connectivity index (χ1) is 9.15. The summed E-state index contributed by atoms with van der Waals surface area (Å²) in [6, 6.07) is 3.88. The Bertz CT molecular complexity index is 520. The molecule has 2 aromatic rings. The van der Waals surface area contributed by atoms with Gasteiger partial charge in [0.25, 0.3) is 0 Å². The molecule has 19 heavy (non-hydrogen) atoms. The van der Waals surface area contributed by atoms with Crippen LogP contribution in [0.3, 0.4) is 0 Å². The van der Waals surface area contributed by atoms with Gasteiger partial charge in [0.05, 0.1) is 4.88 Å². The number of carbonyl (C=O) groups is 1. The van der Waals surface area contributed by atoms with Crippen LogP contribution >= 0.6 is 11.3 Å². The summed E-state index contributed by atoms with van der Waals surface area (Å²) in [5, 5.41) is 8.73. The van der Waals surface area contributed by atoms with Gasteiger partial charge in [-0.3, -0.25) is 4.79 Å². The van der Waals surface area contributed by atoms with Crippen LogP contribution in [0.2, 0.25) is 0 Å². The van der Waals surface area contributed by atoms with Gasteiger partial charge in [-0.25, -0.2) is 0 Å². The van der Waals surface area contributed by atoms with E-state index in [2.05, 4.69) is 29.3 Å². The number of thiophene rings is 1. The molecule has 0 aliphatic heterocycles. The molecule has 0 aliphatic carbocycles. The van der Waals surface area contributed by atoms with Gasteiger partial charge in [-0.1, -0.05) is 25.1 Å². The van der Waals surface area contributed by atoms with Crippen LogP contribution in [0.25, 0.3) is 10.7 Å². The fraction of sp³-hybridized carbons (Fsp3) is 0.462. The lowest BCUT2D eigenvalue weighted by atomic mass is 10.2. The normalized spacial score (nSPS) is 10.9. The van der Waals surface area contributed by atoms with Crippen molar-refractivity contribution in [3.63, 3.8) is 0 Å². The second-order valence-corrected chi connectivity index (χ2v) is 5.63. The molecular weight excluding hydrogens is 262 g/mol. The standard InChI is InChI=1S/C13H17N3O2S/c1-9(2)8-14-11(17)5-6-12-15-13(16-18-12)10-4-3-7-19-10/h3-4,7,9H,5-6,8H2,1-2H3,(H,14,17). The molecule has 6 heteroatoms. The van der Waals surface area contributed by atoms with Gasteiger partial charge in [-0.15, -0.1) is 11.3 Å². The molecule has 0 aliphatic rings. The Morgan fingerprint density at radius 2 is 2.37 bits per heavy atom. The van der Waals surface area contributed by atoms with Crippen molar-refractivity contribution in [2.75, 3.05) is 6.54 Å². The van der Waals surface area contributed by atoms with Gasteiger partial charge < -0.3 is 9.84 Å². The summed E-state index contributed by atoms with van der Waals surface area (Å²) in [6.45, 7) is 4.82. The minimum absolute atomic E-state index is 0.0181. The van der Waals surface area contributed by atoms with E-state index in [9.17, 15) is 4.79 Å². The SMILES string of the molecule is CC(C)CNC(=O)CCc1nc(-c2cccs2)no1. The van der Waals surface area contributed by atoms with Crippen LogP contribution < -0.4 is 5.32 Å². The Kier molecular flexibility index (Phi) is 4.68. The van der Waals surface area contributed by atoms with E-state index in [1.165, 1.54) is 0 Å². The van der Waals surface area contributed by atoms with Gasteiger partial charge >= 0.3 is 0 Å². The van der Waals surface area contributed by atoms with Crippen LogP contribution in [0.5, 0.6) is 0 Å². The van der Waals surface area contributed by atoms with Crippen molar-refractivity contribution < 1.29 is 9.32 Å². The minimum Gasteiger partial charge on any atom is -0.356 e. The average Bonchev–Trinajstić information content (AvgIpc) is 3.03. The van der Waals surface area contributed by atoms with Crippen molar-refractivity contribution in [2.24, 2.45) is 5.92 Å². The Balaban J connectivity index is 1.82. The summed E-state index contributed by atoms with van der Waals surface area (Å²) in [7, 11) is 0. The maximum Gasteiger partial charge on any atom is 0.227 e. The van der Waals surface area contributed by atoms with Crippen molar-refractivity contribution in [1.82, 2.24) is 15.5 Å². The summed E-state index contributed by atoms with van der Waals surface area (Å²) in [5.41, 5.74) is 0. The van der Waals surface area contributed by atoms with Crippen molar-refractivity contribution in [2.45, 2.75) is 26.7 Å². The molecule has 1 N–H and O–H groups in total. The number of carbonyl (C=O) groups excluding carboxylic acids is 1. The molecule has 2 rings (SSSR count). The van der Waals surface area contributed by atoms with Gasteiger partial charge in [0.1, 0.15) is 0 Å². The third-order valence-electron chi connectivity index (χ3n) is 2.48. The van der Waals surface area contributed by atoms with Crippen LogP contribution in [0.4, 0.5) is 0 Å². The third-order valence-corrected chi connectivity index (χ3v) is 3.35. The molecule has 0 aromatic carbocycles. The lowest BCUT2D eigenvalue weighted by Crippen LogP contribution is -2.27. The van der Waals surface area contributed by atoms with E-state index < -0.39 is 0 Å². The maximum atomic E-state index is 11.6. The summed E-state index contributed by atoms with van der Waals surface area (Å²) in [4.78, 5) is 16.8. The molecule has 5 nitrogen and oxygen atoms in total. The lowest BCUT2D eigenvalue weighted by molar-refractivity contribution is -0.121. The first-order valence-corrected chi connectivity index (χ1v) is 7.16. The van der Waals surface area contributed by atoms with E-state index in [0.29, 0.717) is 37.0 Å². The Hall–Kier alpha value is -1.69. The molecule has 0 radical (unpaired) electrons. The van der Waals surface area contributed by atoms with Crippen LogP contribution in [-0.4, -0.2) is 22.6 Å². The molecule has 0 spiro atoms. The van der Waals surface area contributed by atoms with Crippen molar-refractivity contribution in [3.05, 3.63) is 23.4 Å². The second-order valence-electron chi connectivity index (χ2n) is 4.69. The summed E-state index contributed by atoms with van der Waals surface area (Å²) < 4.78 is 5.13. The number of aryl methyl sites for hydroxylation is 1. The molecule has 102 valence electrons. The third kappa shape index (κ3) is 4.17. The highest BCUT2D eigenvalue weighted by molar-refractivity contribution is 7.13. The molecule has 0 unspecified atom stereocenters. The van der Waals surface area contributed by atoms with Gasteiger partial charge in [-0.05, 0) is 17.4 Å². The predicted molar refractivity (Wildman–Crippen MR) is 73.8 cm³/mol. The van der Waals surface area contributed by atoms with E-state index in [4.69, 9.17) is 4.52 Å². The highest BCUT2D eigenvalue weighted by Crippen LogP contribution is 2.21. The van der Waals surface area contributed by atoms with Crippen molar-refractivity contribution >= 4 is 17.2 Å². The number of nitrogens with one attached hydrogen (secondary N) is 1. The molecule has 0 saturated heterocycles. The van der Waals surface area contributed by atoms with E-state index in [0.717, 1.165) is 4.88 Å². The minimum atomic E-state index is 0.0181. The molecule has 1 amide bonds. The van der Waals surface area contributed by atoms with Gasteiger partial charge in [0.15, 0.2) is 0 Å². The maximum absolute atomic E-state index is 11.6. The molecule has 2 aromatic heterocycles. The number of hydrogen-bond acceptors (Lipinski definition) is 5. The van der Waals surface area contributed by atoms with Crippen LogP contribution in [0, 0.1) is 5.92 Å². The zero-order valence-electron chi connectivity index (χ0n) is 11.0. The zero-order valence-corrected chi connectivity index (χ0v) is 11.9. The van der Waals surface area contributed by atoms with E-state index in [-0.39, 0.29) is 5.91 Å². The quantitative estimate of drug-likeness (QED) is 0.882. The van der Waals surface area contributed by atoms with Crippen LogP contribution in [0.1, 0.15) is 26.2 Å². The monoisotopic (exact) mass is 279 g/mol. The molecule has 0 bridgehead atoms. The Morgan fingerprint density at radius 1 is 1.53 bits per heavy atom. The number of rotatable bonds is 6. The highest BCUT2D eigenvalue weighted by Gasteiger charge is 2.11. The van der Waals surface area contributed by atoms with Crippen molar-refractivity contribution in [1.29, 1.82) is 0 Å². The Morgan fingerprint density at radius 3 is 3.05 bits per heavy atom. The van der Waals surface area contributed by atoms with Gasteiger partial charge in [0, 0.05) is 19.4 Å². The van der Waals surface area contributed by atoms with E-state index >= 15 is 0 Å².